The second kappa shape index (κ2) is 12.8. The van der Waals surface area contributed by atoms with E-state index in [-0.39, 0.29) is 36.4 Å². The minimum Gasteiger partial charge on any atom is -0.497 e. The Labute approximate surface area is 290 Å². The topological polar surface area (TPSA) is 77.8 Å². The summed E-state index contributed by atoms with van der Waals surface area (Å²) in [5.41, 5.74) is 8.70. The molecular weight excluding hydrogens is 761 g/mol. The quantitative estimate of drug-likeness (QED) is 0.162. The molecule has 0 saturated heterocycles. The minimum absolute atomic E-state index is 0. The van der Waals surface area contributed by atoms with Crippen LogP contribution in [-0.4, -0.2) is 19.9 Å². The van der Waals surface area contributed by atoms with Gasteiger partial charge < -0.3 is 13.8 Å². The van der Waals surface area contributed by atoms with Crippen molar-refractivity contribution in [3.63, 3.8) is 0 Å². The van der Waals surface area contributed by atoms with Crippen molar-refractivity contribution in [3.8, 4) is 22.5 Å². The summed E-state index contributed by atoms with van der Waals surface area (Å²) in [6.07, 6.45) is 3.56. The maximum atomic E-state index is 6.38. The summed E-state index contributed by atoms with van der Waals surface area (Å²) in [5, 5.41) is 2.00. The summed E-state index contributed by atoms with van der Waals surface area (Å²) in [6.45, 7) is 19.2. The van der Waals surface area contributed by atoms with Gasteiger partial charge in [-0.05, 0) is 34.5 Å². The molecule has 4 aromatic heterocycles. The molecule has 0 spiro atoms. The zero-order valence-corrected chi connectivity index (χ0v) is 30.8. The van der Waals surface area contributed by atoms with Gasteiger partial charge in [0, 0.05) is 48.2 Å². The summed E-state index contributed by atoms with van der Waals surface area (Å²) < 4.78 is 12.5. The van der Waals surface area contributed by atoms with Gasteiger partial charge in [-0.15, -0.1) is 54.1 Å². The fraction of sp³-hybridized carbons (Fsp3) is 0.300. The molecule has 0 aliphatic heterocycles. The van der Waals surface area contributed by atoms with Crippen LogP contribution in [0, 0.1) is 12.1 Å². The molecule has 243 valence electrons. The van der Waals surface area contributed by atoms with Crippen LogP contribution in [0.5, 0.6) is 0 Å². The molecular formula is C40H40IrN4O2-2. The number of oxazole rings is 1. The van der Waals surface area contributed by atoms with E-state index in [4.69, 9.17) is 8.83 Å². The zero-order valence-electron chi connectivity index (χ0n) is 28.4. The molecule has 0 amide bonds. The molecule has 47 heavy (non-hydrogen) atoms. The van der Waals surface area contributed by atoms with Crippen LogP contribution >= 0.6 is 0 Å². The van der Waals surface area contributed by atoms with Crippen LogP contribution in [0.25, 0.3) is 55.6 Å². The van der Waals surface area contributed by atoms with Gasteiger partial charge in [0.2, 0.25) is 5.89 Å². The molecule has 7 heteroatoms. The summed E-state index contributed by atoms with van der Waals surface area (Å²) in [5.74, 6) is 0.697. The van der Waals surface area contributed by atoms with E-state index < -0.39 is 0 Å². The van der Waals surface area contributed by atoms with Gasteiger partial charge >= 0.3 is 0 Å². The largest absolute Gasteiger partial charge is 0.497 e. The van der Waals surface area contributed by atoms with E-state index in [0.29, 0.717) is 17.1 Å². The Morgan fingerprint density at radius 3 is 2.02 bits per heavy atom. The van der Waals surface area contributed by atoms with Gasteiger partial charge in [-0.3, -0.25) is 4.98 Å². The first-order chi connectivity index (χ1) is 21.7. The maximum Gasteiger partial charge on any atom is 0.201 e. The second-order valence-electron chi connectivity index (χ2n) is 14.8. The van der Waals surface area contributed by atoms with E-state index in [9.17, 15) is 0 Å². The number of benzene rings is 3. The minimum atomic E-state index is -0.180. The fourth-order valence-electron chi connectivity index (χ4n) is 5.15. The Bertz CT molecular complexity index is 2140. The molecule has 7 rings (SSSR count). The average Bonchev–Trinajstić information content (AvgIpc) is 3.63. The molecule has 0 aliphatic rings. The van der Waals surface area contributed by atoms with Crippen molar-refractivity contribution in [2.24, 2.45) is 0 Å². The molecule has 1 radical (unpaired) electrons. The number of nitrogens with zero attached hydrogens (tertiary/aromatic N) is 4. The fourth-order valence-corrected chi connectivity index (χ4v) is 5.15. The first-order valence-corrected chi connectivity index (χ1v) is 15.6. The number of fused-ring (bicyclic) bond motifs is 5. The van der Waals surface area contributed by atoms with Crippen LogP contribution < -0.4 is 0 Å². The third kappa shape index (κ3) is 7.07. The standard InChI is InChI=1S/C25H24N3O2.C15H16N.Ir/c1-24(2,3)19-12-18(26-13-27-19)16-9-7-8-14-15-10-11-17-22(21(15)29-20(14)16)30-23(28-17)25(4,5)6;1-15(2,3)13-9-10-14(16-11-13)12-7-5-4-6-8-12;/h7-8,10-13H,1-6H3;4-7,9-11H,1-3H3;/q2*-1;. The van der Waals surface area contributed by atoms with E-state index in [1.54, 1.807) is 6.33 Å². The number of hydrogen-bond donors (Lipinski definition) is 0. The van der Waals surface area contributed by atoms with Crippen LogP contribution in [-0.2, 0) is 36.4 Å². The predicted molar refractivity (Wildman–Crippen MR) is 186 cm³/mol. The van der Waals surface area contributed by atoms with Crippen molar-refractivity contribution in [2.75, 3.05) is 0 Å². The third-order valence-electron chi connectivity index (χ3n) is 7.90. The van der Waals surface area contributed by atoms with Gasteiger partial charge in [0.1, 0.15) is 11.8 Å². The van der Waals surface area contributed by atoms with E-state index >= 15 is 0 Å². The smallest absolute Gasteiger partial charge is 0.201 e. The molecule has 3 aromatic carbocycles. The SMILES string of the molecule is CC(C)(C)c1cc(-c2[c-]ccc3c2oc2c3ccc3nc(C(C)(C)C)oc32)ncn1.CC(C)(C)c1ccc(-c2[c-]cccc2)nc1.[Ir]. The van der Waals surface area contributed by atoms with Gasteiger partial charge in [-0.25, -0.2) is 9.97 Å². The molecule has 0 unspecified atom stereocenters. The normalized spacial score (nSPS) is 12.2. The monoisotopic (exact) mass is 801 g/mol. The van der Waals surface area contributed by atoms with E-state index in [0.717, 1.165) is 50.1 Å². The van der Waals surface area contributed by atoms with E-state index in [1.165, 1.54) is 5.56 Å². The van der Waals surface area contributed by atoms with Crippen molar-refractivity contribution >= 4 is 33.0 Å². The van der Waals surface area contributed by atoms with Crippen molar-refractivity contribution in [1.29, 1.82) is 0 Å². The summed E-state index contributed by atoms with van der Waals surface area (Å²) in [6, 6.07) is 28.6. The van der Waals surface area contributed by atoms with Gasteiger partial charge in [0.15, 0.2) is 11.2 Å². The summed E-state index contributed by atoms with van der Waals surface area (Å²) in [7, 11) is 0. The van der Waals surface area contributed by atoms with Gasteiger partial charge in [-0.2, -0.15) is 0 Å². The van der Waals surface area contributed by atoms with E-state index in [2.05, 4.69) is 107 Å². The van der Waals surface area contributed by atoms with Crippen LogP contribution in [0.2, 0.25) is 0 Å². The maximum absolute atomic E-state index is 6.38. The first kappa shape index (κ1) is 34.2. The van der Waals surface area contributed by atoms with Gasteiger partial charge in [0.25, 0.3) is 0 Å². The molecule has 0 fully saturated rings. The Hall–Kier alpha value is -4.19. The van der Waals surface area contributed by atoms with Crippen LogP contribution in [0.4, 0.5) is 0 Å². The van der Waals surface area contributed by atoms with Crippen molar-refractivity contribution in [1.82, 2.24) is 19.9 Å². The molecule has 7 aromatic rings. The molecule has 0 N–H and O–H groups in total. The molecule has 0 aliphatic carbocycles. The van der Waals surface area contributed by atoms with Crippen LogP contribution in [0.1, 0.15) is 79.5 Å². The third-order valence-corrected chi connectivity index (χ3v) is 7.90. The Morgan fingerprint density at radius 1 is 0.617 bits per heavy atom. The number of furan rings is 1. The van der Waals surface area contributed by atoms with Crippen LogP contribution in [0.15, 0.2) is 88.1 Å². The van der Waals surface area contributed by atoms with Gasteiger partial charge in [0.05, 0.1) is 5.58 Å². The molecule has 6 nitrogen and oxygen atoms in total. The number of rotatable bonds is 2. The molecule has 0 atom stereocenters. The molecule has 4 heterocycles. The van der Waals surface area contributed by atoms with Gasteiger partial charge in [-0.1, -0.05) is 91.5 Å². The van der Waals surface area contributed by atoms with Crippen LogP contribution in [0.3, 0.4) is 0 Å². The Kier molecular flexibility index (Phi) is 9.29. The number of pyridine rings is 1. The number of aromatic nitrogens is 4. The first-order valence-electron chi connectivity index (χ1n) is 15.6. The predicted octanol–water partition coefficient (Wildman–Crippen LogP) is 10.4. The summed E-state index contributed by atoms with van der Waals surface area (Å²) in [4.78, 5) is 18.1. The second-order valence-corrected chi connectivity index (χ2v) is 14.8. The summed E-state index contributed by atoms with van der Waals surface area (Å²) >= 11 is 0. The zero-order chi connectivity index (χ0) is 32.9. The average molecular weight is 801 g/mol. The Balaban J connectivity index is 0.000000217. The molecule has 0 saturated carbocycles. The van der Waals surface area contributed by atoms with Crippen molar-refractivity contribution in [2.45, 2.75) is 78.6 Å². The van der Waals surface area contributed by atoms with Crippen molar-refractivity contribution < 1.29 is 28.9 Å². The molecule has 0 bridgehead atoms. The number of hydrogen-bond acceptors (Lipinski definition) is 6. The Morgan fingerprint density at radius 2 is 1.38 bits per heavy atom. The van der Waals surface area contributed by atoms with E-state index in [1.807, 2.05) is 60.8 Å². The van der Waals surface area contributed by atoms with Crippen molar-refractivity contribution in [3.05, 3.63) is 109 Å².